The molecule has 0 spiro atoms. The van der Waals surface area contributed by atoms with Crippen LogP contribution >= 0.6 is 23.2 Å². The summed E-state index contributed by atoms with van der Waals surface area (Å²) in [6, 6.07) is 5.53. The van der Waals surface area contributed by atoms with Crippen molar-refractivity contribution < 1.29 is 4.52 Å². The zero-order valence-corrected chi connectivity index (χ0v) is 13.0. The fourth-order valence-corrected chi connectivity index (χ4v) is 2.64. The molecule has 0 amide bonds. The highest BCUT2D eigenvalue weighted by molar-refractivity contribution is 6.42. The van der Waals surface area contributed by atoms with Crippen molar-refractivity contribution in [1.29, 1.82) is 0 Å². The Morgan fingerprint density at radius 2 is 2.00 bits per heavy atom. The van der Waals surface area contributed by atoms with Crippen LogP contribution < -0.4 is 5.32 Å². The number of hydrogen-bond donors (Lipinski definition) is 1. The Kier molecular flexibility index (Phi) is 4.75. The van der Waals surface area contributed by atoms with Crippen LogP contribution in [0.5, 0.6) is 0 Å². The summed E-state index contributed by atoms with van der Waals surface area (Å²) in [7, 11) is 0. The molecule has 1 N–H and O–H groups in total. The molecule has 1 saturated heterocycles. The van der Waals surface area contributed by atoms with Gasteiger partial charge in [-0.3, -0.25) is 4.90 Å². The lowest BCUT2D eigenvalue weighted by molar-refractivity contribution is 0.203. The van der Waals surface area contributed by atoms with Crippen LogP contribution in [0.1, 0.15) is 17.3 Å². The molecule has 0 aliphatic carbocycles. The first-order chi connectivity index (χ1) is 10.2. The minimum Gasteiger partial charge on any atom is -0.338 e. The summed E-state index contributed by atoms with van der Waals surface area (Å²) in [4.78, 5) is 6.73. The normalized spacial score (nSPS) is 16.3. The van der Waals surface area contributed by atoms with Crippen LogP contribution in [0.2, 0.25) is 10.0 Å². The molecule has 1 aliphatic rings. The van der Waals surface area contributed by atoms with E-state index in [2.05, 4.69) is 20.4 Å². The van der Waals surface area contributed by atoms with E-state index >= 15 is 0 Å². The minimum atomic E-state index is 0.540. The number of nitrogens with zero attached hydrogens (tertiary/aromatic N) is 3. The molecule has 1 fully saturated rings. The molecule has 112 valence electrons. The Hall–Kier alpha value is -1.14. The molecule has 2 aromatic rings. The third kappa shape index (κ3) is 3.95. The van der Waals surface area contributed by atoms with E-state index in [1.807, 2.05) is 12.1 Å². The second-order valence-corrected chi connectivity index (χ2v) is 5.87. The highest BCUT2D eigenvalue weighted by Gasteiger charge is 2.14. The molecule has 0 bridgehead atoms. The summed E-state index contributed by atoms with van der Waals surface area (Å²) in [5.41, 5.74) is 1.01. The number of hydrogen-bond acceptors (Lipinski definition) is 5. The fourth-order valence-electron chi connectivity index (χ4n) is 2.32. The second-order valence-electron chi connectivity index (χ2n) is 5.06. The predicted octanol–water partition coefficient (Wildman–Crippen LogP) is 2.37. The summed E-state index contributed by atoms with van der Waals surface area (Å²) >= 11 is 11.9. The van der Waals surface area contributed by atoms with E-state index < -0.39 is 0 Å². The average Bonchev–Trinajstić information content (AvgIpc) is 2.91. The molecule has 1 aliphatic heterocycles. The number of nitrogens with one attached hydrogen (secondary N) is 1. The number of piperazine rings is 1. The molecule has 0 saturated carbocycles. The van der Waals surface area contributed by atoms with Crippen LogP contribution in [0, 0.1) is 0 Å². The first kappa shape index (κ1) is 14.8. The van der Waals surface area contributed by atoms with Gasteiger partial charge in [-0.25, -0.2) is 0 Å². The topological polar surface area (TPSA) is 54.2 Å². The zero-order valence-electron chi connectivity index (χ0n) is 11.5. The number of halogens is 2. The molecule has 5 nitrogen and oxygen atoms in total. The lowest BCUT2D eigenvalue weighted by atomic mass is 10.1. The van der Waals surface area contributed by atoms with E-state index in [4.69, 9.17) is 27.7 Å². The number of benzene rings is 1. The van der Waals surface area contributed by atoms with Crippen molar-refractivity contribution in [3.63, 3.8) is 0 Å². The quantitative estimate of drug-likeness (QED) is 0.934. The van der Waals surface area contributed by atoms with Gasteiger partial charge in [0.2, 0.25) is 5.89 Å². The SMILES string of the molecule is Clc1ccc(Cc2noc(CN3CCNCC3)n2)cc1Cl. The summed E-state index contributed by atoms with van der Waals surface area (Å²) in [5.74, 6) is 1.32. The van der Waals surface area contributed by atoms with Crippen molar-refractivity contribution in [2.24, 2.45) is 0 Å². The monoisotopic (exact) mass is 326 g/mol. The van der Waals surface area contributed by atoms with Crippen LogP contribution in [0.4, 0.5) is 0 Å². The van der Waals surface area contributed by atoms with Gasteiger partial charge >= 0.3 is 0 Å². The molecule has 1 aromatic carbocycles. The van der Waals surface area contributed by atoms with E-state index in [1.165, 1.54) is 0 Å². The van der Waals surface area contributed by atoms with Crippen molar-refractivity contribution in [2.75, 3.05) is 26.2 Å². The van der Waals surface area contributed by atoms with E-state index in [0.717, 1.165) is 31.7 Å². The average molecular weight is 327 g/mol. The van der Waals surface area contributed by atoms with Gasteiger partial charge in [0.15, 0.2) is 5.82 Å². The molecule has 3 rings (SSSR count). The van der Waals surface area contributed by atoms with Gasteiger partial charge in [0.1, 0.15) is 0 Å². The third-order valence-corrected chi connectivity index (χ3v) is 4.16. The maximum Gasteiger partial charge on any atom is 0.240 e. The Balaban J connectivity index is 1.62. The zero-order chi connectivity index (χ0) is 14.7. The molecule has 0 unspecified atom stereocenters. The van der Waals surface area contributed by atoms with Crippen LogP contribution in [-0.4, -0.2) is 41.2 Å². The Morgan fingerprint density at radius 1 is 1.19 bits per heavy atom. The second kappa shape index (κ2) is 6.75. The van der Waals surface area contributed by atoms with Gasteiger partial charge in [-0.05, 0) is 17.7 Å². The fraction of sp³-hybridized carbons (Fsp3) is 0.429. The van der Waals surface area contributed by atoms with Crippen LogP contribution in [0.25, 0.3) is 0 Å². The predicted molar refractivity (Wildman–Crippen MR) is 81.7 cm³/mol. The van der Waals surface area contributed by atoms with Crippen molar-refractivity contribution >= 4 is 23.2 Å². The third-order valence-electron chi connectivity index (χ3n) is 3.42. The van der Waals surface area contributed by atoms with Gasteiger partial charge in [0.05, 0.1) is 16.6 Å². The molecule has 0 atom stereocenters. The maximum atomic E-state index is 6.01. The standard InChI is InChI=1S/C14H16Cl2N4O/c15-11-2-1-10(7-12(11)16)8-13-18-14(21-19-13)9-20-5-3-17-4-6-20/h1-2,7,17H,3-6,8-9H2. The van der Waals surface area contributed by atoms with Crippen molar-refractivity contribution in [2.45, 2.75) is 13.0 Å². The summed E-state index contributed by atoms with van der Waals surface area (Å²) < 4.78 is 5.31. The first-order valence-corrected chi connectivity index (χ1v) is 7.65. The summed E-state index contributed by atoms with van der Waals surface area (Å²) in [6.07, 6.45) is 0.585. The van der Waals surface area contributed by atoms with Gasteiger partial charge in [0, 0.05) is 32.6 Å². The summed E-state index contributed by atoms with van der Waals surface area (Å²) in [6.45, 7) is 4.72. The van der Waals surface area contributed by atoms with E-state index in [-0.39, 0.29) is 0 Å². The Labute approximate surface area is 133 Å². The minimum absolute atomic E-state index is 0.540. The van der Waals surface area contributed by atoms with Crippen molar-refractivity contribution in [3.8, 4) is 0 Å². The van der Waals surface area contributed by atoms with Gasteiger partial charge in [-0.1, -0.05) is 34.4 Å². The molecule has 0 radical (unpaired) electrons. The molecule has 1 aromatic heterocycles. The molecule has 2 heterocycles. The molecular weight excluding hydrogens is 311 g/mol. The lowest BCUT2D eigenvalue weighted by Gasteiger charge is -2.25. The van der Waals surface area contributed by atoms with Crippen molar-refractivity contribution in [1.82, 2.24) is 20.4 Å². The van der Waals surface area contributed by atoms with Gasteiger partial charge in [-0.2, -0.15) is 4.98 Å². The van der Waals surface area contributed by atoms with Crippen LogP contribution in [0.3, 0.4) is 0 Å². The highest BCUT2D eigenvalue weighted by Crippen LogP contribution is 2.23. The van der Waals surface area contributed by atoms with E-state index in [0.29, 0.717) is 34.7 Å². The summed E-state index contributed by atoms with van der Waals surface area (Å²) in [5, 5.41) is 8.43. The maximum absolute atomic E-state index is 6.01. The first-order valence-electron chi connectivity index (χ1n) is 6.89. The van der Waals surface area contributed by atoms with Crippen LogP contribution in [0.15, 0.2) is 22.7 Å². The number of aromatic nitrogens is 2. The molecule has 21 heavy (non-hydrogen) atoms. The number of rotatable bonds is 4. The molecule has 7 heteroatoms. The smallest absolute Gasteiger partial charge is 0.240 e. The Bertz CT molecular complexity index is 611. The van der Waals surface area contributed by atoms with Crippen molar-refractivity contribution in [3.05, 3.63) is 45.5 Å². The highest BCUT2D eigenvalue weighted by atomic mass is 35.5. The van der Waals surface area contributed by atoms with E-state index in [9.17, 15) is 0 Å². The molecular formula is C14H16Cl2N4O. The largest absolute Gasteiger partial charge is 0.338 e. The Morgan fingerprint density at radius 3 is 2.76 bits per heavy atom. The van der Waals surface area contributed by atoms with Crippen LogP contribution in [-0.2, 0) is 13.0 Å². The van der Waals surface area contributed by atoms with Gasteiger partial charge in [0.25, 0.3) is 0 Å². The van der Waals surface area contributed by atoms with Gasteiger partial charge < -0.3 is 9.84 Å². The lowest BCUT2D eigenvalue weighted by Crippen LogP contribution is -2.42. The van der Waals surface area contributed by atoms with Gasteiger partial charge in [-0.15, -0.1) is 0 Å². The van der Waals surface area contributed by atoms with E-state index in [1.54, 1.807) is 6.07 Å².